The molecular weight excluding hydrogens is 351 g/mol. The molecule has 0 aliphatic heterocycles. The molecule has 0 aromatic heterocycles. The standard InChI is InChI=1S/C25H35FO2/c1-15(27)25-9-5-4-6-16(25)12-20-18-14-22(26)21-13-17(28)7-10-23(21,2)19(18)8-11-24(20,25)3/h13,16,18-20,22H,4-12,14H2,1-3H3/t16-,18-,19+,20+,22?,23-,24+,25+/m1/s1. The van der Waals surface area contributed by atoms with E-state index in [1.807, 2.05) is 6.92 Å². The second-order valence-electron chi connectivity index (χ2n) is 11.2. The van der Waals surface area contributed by atoms with E-state index in [4.69, 9.17) is 0 Å². The Morgan fingerprint density at radius 3 is 2.61 bits per heavy atom. The van der Waals surface area contributed by atoms with Crippen LogP contribution in [0.1, 0.15) is 85.0 Å². The molecule has 0 aromatic carbocycles. The van der Waals surface area contributed by atoms with Gasteiger partial charge in [0.1, 0.15) is 12.0 Å². The van der Waals surface area contributed by atoms with Crippen molar-refractivity contribution in [3.63, 3.8) is 0 Å². The summed E-state index contributed by atoms with van der Waals surface area (Å²) in [5.74, 6) is 2.32. The molecule has 0 aromatic rings. The minimum atomic E-state index is -0.978. The Kier molecular flexibility index (Phi) is 4.08. The fourth-order valence-corrected chi connectivity index (χ4v) is 9.36. The number of carbonyl (C=O) groups is 2. The van der Waals surface area contributed by atoms with Gasteiger partial charge in [-0.2, -0.15) is 0 Å². The average Bonchev–Trinajstić information content (AvgIpc) is 2.94. The highest BCUT2D eigenvalue weighted by Gasteiger charge is 2.69. The molecule has 154 valence electrons. The molecule has 0 amide bonds. The van der Waals surface area contributed by atoms with Crippen LogP contribution >= 0.6 is 0 Å². The van der Waals surface area contributed by atoms with Gasteiger partial charge in [0.2, 0.25) is 0 Å². The minimum Gasteiger partial charge on any atom is -0.299 e. The molecule has 0 radical (unpaired) electrons. The van der Waals surface area contributed by atoms with Crippen LogP contribution in [0.5, 0.6) is 0 Å². The van der Waals surface area contributed by atoms with Crippen LogP contribution < -0.4 is 0 Å². The highest BCUT2D eigenvalue weighted by Crippen LogP contribution is 2.74. The largest absolute Gasteiger partial charge is 0.299 e. The van der Waals surface area contributed by atoms with Gasteiger partial charge in [-0.1, -0.05) is 26.7 Å². The Bertz CT molecular complexity index is 756. The van der Waals surface area contributed by atoms with Crippen LogP contribution in [0, 0.1) is 39.9 Å². The predicted octanol–water partition coefficient (Wildman–Crippen LogP) is 5.84. The number of alkyl halides is 1. The first-order chi connectivity index (χ1) is 13.2. The fraction of sp³-hybridized carbons (Fsp3) is 0.840. The summed E-state index contributed by atoms with van der Waals surface area (Å²) in [7, 11) is 0. The Morgan fingerprint density at radius 2 is 1.86 bits per heavy atom. The Morgan fingerprint density at radius 1 is 1.07 bits per heavy atom. The number of Topliss-reactive ketones (excluding diaryl/α,β-unsaturated/α-hetero) is 1. The maximum Gasteiger partial charge on any atom is 0.155 e. The summed E-state index contributed by atoms with van der Waals surface area (Å²) in [6.07, 6.45) is 10.6. The summed E-state index contributed by atoms with van der Waals surface area (Å²) in [6, 6.07) is 0. The molecule has 5 rings (SSSR count). The molecular formula is C25H35FO2. The van der Waals surface area contributed by atoms with Crippen molar-refractivity contribution in [1.29, 1.82) is 0 Å². The van der Waals surface area contributed by atoms with Crippen LogP contribution in [0.3, 0.4) is 0 Å². The van der Waals surface area contributed by atoms with E-state index in [2.05, 4.69) is 13.8 Å². The summed E-state index contributed by atoms with van der Waals surface area (Å²) in [6.45, 7) is 6.47. The highest BCUT2D eigenvalue weighted by molar-refractivity contribution is 5.92. The lowest BCUT2D eigenvalue weighted by Gasteiger charge is -2.60. The van der Waals surface area contributed by atoms with Crippen LogP contribution in [-0.4, -0.2) is 17.7 Å². The number of allylic oxidation sites excluding steroid dienone is 1. The smallest absolute Gasteiger partial charge is 0.155 e. The average molecular weight is 387 g/mol. The molecule has 0 bridgehead atoms. The van der Waals surface area contributed by atoms with E-state index in [1.165, 1.54) is 19.3 Å². The number of carbonyl (C=O) groups excluding carboxylic acids is 2. The normalized spacial score (nSPS) is 52.8. The van der Waals surface area contributed by atoms with E-state index in [0.717, 1.165) is 37.7 Å². The van der Waals surface area contributed by atoms with E-state index >= 15 is 4.39 Å². The Labute approximate surface area is 168 Å². The van der Waals surface area contributed by atoms with Crippen LogP contribution in [0.15, 0.2) is 11.6 Å². The third-order valence-corrected chi connectivity index (χ3v) is 10.6. The van der Waals surface area contributed by atoms with Crippen molar-refractivity contribution in [2.75, 3.05) is 0 Å². The first-order valence-electron chi connectivity index (χ1n) is 11.6. The van der Waals surface area contributed by atoms with Crippen molar-refractivity contribution in [2.45, 2.75) is 91.2 Å². The van der Waals surface area contributed by atoms with E-state index < -0.39 is 6.17 Å². The van der Waals surface area contributed by atoms with E-state index in [9.17, 15) is 9.59 Å². The van der Waals surface area contributed by atoms with Crippen molar-refractivity contribution in [2.24, 2.45) is 39.9 Å². The molecule has 1 unspecified atom stereocenters. The van der Waals surface area contributed by atoms with E-state index in [-0.39, 0.29) is 22.0 Å². The van der Waals surface area contributed by atoms with Crippen molar-refractivity contribution in [1.82, 2.24) is 0 Å². The number of fused-ring (bicyclic) bond motifs is 7. The van der Waals surface area contributed by atoms with Gasteiger partial charge in [0.05, 0.1) is 0 Å². The molecule has 5 aliphatic carbocycles. The summed E-state index contributed by atoms with van der Waals surface area (Å²) >= 11 is 0. The van der Waals surface area contributed by atoms with E-state index in [0.29, 0.717) is 42.3 Å². The molecule has 3 heteroatoms. The van der Waals surface area contributed by atoms with Crippen LogP contribution in [-0.2, 0) is 9.59 Å². The molecule has 4 fully saturated rings. The lowest BCUT2D eigenvalue weighted by molar-refractivity contribution is -0.149. The van der Waals surface area contributed by atoms with Crippen molar-refractivity contribution >= 4 is 11.6 Å². The zero-order valence-corrected chi connectivity index (χ0v) is 17.7. The second kappa shape index (κ2) is 6.01. The molecule has 4 saturated carbocycles. The fourth-order valence-electron chi connectivity index (χ4n) is 9.36. The van der Waals surface area contributed by atoms with Gasteiger partial charge in [0, 0.05) is 11.8 Å². The summed E-state index contributed by atoms with van der Waals surface area (Å²) in [5.41, 5.74) is 0.513. The van der Waals surface area contributed by atoms with Gasteiger partial charge in [-0.3, -0.25) is 9.59 Å². The molecule has 5 aliphatic rings. The number of halogens is 1. The van der Waals surface area contributed by atoms with Crippen LogP contribution in [0.4, 0.5) is 4.39 Å². The van der Waals surface area contributed by atoms with E-state index in [1.54, 1.807) is 6.08 Å². The molecule has 8 atom stereocenters. The molecule has 0 N–H and O–H groups in total. The Balaban J connectivity index is 1.57. The zero-order chi connectivity index (χ0) is 19.9. The van der Waals surface area contributed by atoms with Gasteiger partial charge in [-0.05, 0) is 98.0 Å². The zero-order valence-electron chi connectivity index (χ0n) is 17.7. The van der Waals surface area contributed by atoms with Crippen LogP contribution in [0.25, 0.3) is 0 Å². The quantitative estimate of drug-likeness (QED) is 0.567. The molecule has 28 heavy (non-hydrogen) atoms. The lowest BCUT2D eigenvalue weighted by Crippen LogP contribution is -2.56. The Hall–Kier alpha value is -0.990. The predicted molar refractivity (Wildman–Crippen MR) is 107 cm³/mol. The number of ketones is 2. The van der Waals surface area contributed by atoms with Crippen molar-refractivity contribution in [3.05, 3.63) is 11.6 Å². The lowest BCUT2D eigenvalue weighted by atomic mass is 9.43. The molecule has 2 nitrogen and oxygen atoms in total. The van der Waals surface area contributed by atoms with Gasteiger partial charge in [-0.15, -0.1) is 0 Å². The molecule has 0 spiro atoms. The summed E-state index contributed by atoms with van der Waals surface area (Å²) in [5, 5.41) is 0. The molecule has 0 saturated heterocycles. The summed E-state index contributed by atoms with van der Waals surface area (Å²) in [4.78, 5) is 25.1. The maximum atomic E-state index is 15.4. The number of hydrogen-bond donors (Lipinski definition) is 0. The first kappa shape index (κ1) is 19.0. The van der Waals surface area contributed by atoms with Crippen molar-refractivity contribution in [3.8, 4) is 0 Å². The van der Waals surface area contributed by atoms with Crippen molar-refractivity contribution < 1.29 is 14.0 Å². The number of hydrogen-bond acceptors (Lipinski definition) is 2. The minimum absolute atomic E-state index is 0.0346. The second-order valence-corrected chi connectivity index (χ2v) is 11.2. The van der Waals surface area contributed by atoms with Gasteiger partial charge in [-0.25, -0.2) is 4.39 Å². The number of rotatable bonds is 1. The topological polar surface area (TPSA) is 34.1 Å². The SMILES string of the molecule is CC(=O)[C@@]12CCCC[C@@H]1C[C@H]1[C@@H]3CC(F)C4=CC(=O)CC[C@]4(C)[C@H]3CC[C@@]12C. The van der Waals surface area contributed by atoms with Crippen LogP contribution in [0.2, 0.25) is 0 Å². The third kappa shape index (κ3) is 2.14. The third-order valence-electron chi connectivity index (χ3n) is 10.6. The van der Waals surface area contributed by atoms with Gasteiger partial charge >= 0.3 is 0 Å². The highest BCUT2D eigenvalue weighted by atomic mass is 19.1. The summed E-state index contributed by atoms with van der Waals surface area (Å²) < 4.78 is 15.4. The molecule has 0 heterocycles. The monoisotopic (exact) mass is 386 g/mol. The van der Waals surface area contributed by atoms with Gasteiger partial charge < -0.3 is 0 Å². The van der Waals surface area contributed by atoms with Gasteiger partial charge in [0.25, 0.3) is 0 Å². The van der Waals surface area contributed by atoms with Gasteiger partial charge in [0.15, 0.2) is 5.78 Å². The first-order valence-corrected chi connectivity index (χ1v) is 11.6. The maximum absolute atomic E-state index is 15.4.